The van der Waals surface area contributed by atoms with Crippen LogP contribution in [0.15, 0.2) is 6.20 Å². The lowest BCUT2D eigenvalue weighted by Gasteiger charge is -2.36. The van der Waals surface area contributed by atoms with Crippen LogP contribution in [0.5, 0.6) is 0 Å². The molecule has 0 bridgehead atoms. The Kier molecular flexibility index (Phi) is 3.84. The number of piperidine rings is 1. The van der Waals surface area contributed by atoms with E-state index in [2.05, 4.69) is 30.0 Å². The van der Waals surface area contributed by atoms with E-state index < -0.39 is 0 Å². The highest BCUT2D eigenvalue weighted by molar-refractivity contribution is 5.15. The Hall–Kier alpha value is -0.870. The standard InChI is InChI=1S/C13H24N4/c1-10-4-5-17(8-12(10)6-14)9-13-7-16(3)15-11(13)2/h7,10,12H,4-6,8-9,14H2,1-3H3. The molecule has 1 aliphatic heterocycles. The van der Waals surface area contributed by atoms with Gasteiger partial charge in [-0.3, -0.25) is 9.58 Å². The zero-order valence-electron chi connectivity index (χ0n) is 11.2. The van der Waals surface area contributed by atoms with Crippen molar-refractivity contribution in [3.63, 3.8) is 0 Å². The Labute approximate surface area is 104 Å². The summed E-state index contributed by atoms with van der Waals surface area (Å²) >= 11 is 0. The summed E-state index contributed by atoms with van der Waals surface area (Å²) in [6, 6.07) is 0. The van der Waals surface area contributed by atoms with Gasteiger partial charge in [-0.05, 0) is 38.3 Å². The number of likely N-dealkylation sites (tertiary alicyclic amines) is 1. The first-order valence-electron chi connectivity index (χ1n) is 6.51. The molecule has 0 aliphatic carbocycles. The average Bonchev–Trinajstić information content (AvgIpc) is 2.60. The highest BCUT2D eigenvalue weighted by Crippen LogP contribution is 2.23. The minimum Gasteiger partial charge on any atom is -0.330 e. The van der Waals surface area contributed by atoms with Gasteiger partial charge in [0, 0.05) is 31.9 Å². The number of hydrogen-bond donors (Lipinski definition) is 1. The van der Waals surface area contributed by atoms with E-state index in [-0.39, 0.29) is 0 Å². The normalized spacial score (nSPS) is 26.4. The van der Waals surface area contributed by atoms with Crippen molar-refractivity contribution in [1.29, 1.82) is 0 Å². The zero-order valence-corrected chi connectivity index (χ0v) is 11.2. The molecule has 4 nitrogen and oxygen atoms in total. The number of hydrogen-bond acceptors (Lipinski definition) is 3. The lowest BCUT2D eigenvalue weighted by atomic mass is 9.87. The third-order valence-electron chi connectivity index (χ3n) is 4.01. The van der Waals surface area contributed by atoms with Crippen molar-refractivity contribution < 1.29 is 0 Å². The summed E-state index contributed by atoms with van der Waals surface area (Å²) < 4.78 is 1.90. The molecule has 2 N–H and O–H groups in total. The molecule has 2 atom stereocenters. The SMILES string of the molecule is Cc1nn(C)cc1CN1CCC(C)C(CN)C1. The first-order valence-corrected chi connectivity index (χ1v) is 6.51. The lowest BCUT2D eigenvalue weighted by molar-refractivity contribution is 0.126. The van der Waals surface area contributed by atoms with Gasteiger partial charge in [-0.25, -0.2) is 0 Å². The van der Waals surface area contributed by atoms with E-state index in [9.17, 15) is 0 Å². The van der Waals surface area contributed by atoms with Crippen LogP contribution in [0, 0.1) is 18.8 Å². The molecule has 96 valence electrons. The molecule has 1 fully saturated rings. The molecule has 0 spiro atoms. The van der Waals surface area contributed by atoms with Crippen molar-refractivity contribution in [2.24, 2.45) is 24.6 Å². The molecule has 0 saturated carbocycles. The average molecular weight is 236 g/mol. The van der Waals surface area contributed by atoms with Crippen LogP contribution < -0.4 is 5.73 Å². The highest BCUT2D eigenvalue weighted by Gasteiger charge is 2.25. The van der Waals surface area contributed by atoms with E-state index in [1.165, 1.54) is 18.5 Å². The maximum atomic E-state index is 5.84. The quantitative estimate of drug-likeness (QED) is 0.856. The van der Waals surface area contributed by atoms with Crippen LogP contribution in [0.2, 0.25) is 0 Å². The largest absolute Gasteiger partial charge is 0.330 e. The zero-order chi connectivity index (χ0) is 12.4. The highest BCUT2D eigenvalue weighted by atomic mass is 15.3. The maximum absolute atomic E-state index is 5.84. The van der Waals surface area contributed by atoms with Gasteiger partial charge in [-0.1, -0.05) is 6.92 Å². The molecule has 4 heteroatoms. The molecular weight excluding hydrogens is 212 g/mol. The van der Waals surface area contributed by atoms with Gasteiger partial charge in [0.1, 0.15) is 0 Å². The van der Waals surface area contributed by atoms with E-state index in [0.717, 1.165) is 31.2 Å². The van der Waals surface area contributed by atoms with Gasteiger partial charge in [0.15, 0.2) is 0 Å². The van der Waals surface area contributed by atoms with Gasteiger partial charge in [-0.15, -0.1) is 0 Å². The van der Waals surface area contributed by atoms with Gasteiger partial charge in [0.2, 0.25) is 0 Å². The Morgan fingerprint density at radius 3 is 2.88 bits per heavy atom. The van der Waals surface area contributed by atoms with E-state index in [0.29, 0.717) is 5.92 Å². The van der Waals surface area contributed by atoms with Crippen LogP contribution in [0.4, 0.5) is 0 Å². The first kappa shape index (κ1) is 12.6. The molecule has 0 aromatic carbocycles. The number of aromatic nitrogens is 2. The number of aryl methyl sites for hydroxylation is 2. The van der Waals surface area contributed by atoms with Crippen LogP contribution in [0.1, 0.15) is 24.6 Å². The van der Waals surface area contributed by atoms with E-state index >= 15 is 0 Å². The number of rotatable bonds is 3. The van der Waals surface area contributed by atoms with Crippen molar-refractivity contribution in [2.75, 3.05) is 19.6 Å². The smallest absolute Gasteiger partial charge is 0.0638 e. The summed E-state index contributed by atoms with van der Waals surface area (Å²) in [5.74, 6) is 1.42. The minimum atomic E-state index is 0.653. The molecule has 17 heavy (non-hydrogen) atoms. The second-order valence-electron chi connectivity index (χ2n) is 5.41. The molecule has 2 rings (SSSR count). The summed E-state index contributed by atoms with van der Waals surface area (Å²) in [5, 5.41) is 4.40. The summed E-state index contributed by atoms with van der Waals surface area (Å²) in [5.41, 5.74) is 8.33. The van der Waals surface area contributed by atoms with Gasteiger partial charge in [0.25, 0.3) is 0 Å². The Bertz CT molecular complexity index is 371. The van der Waals surface area contributed by atoms with Gasteiger partial charge in [-0.2, -0.15) is 5.10 Å². The van der Waals surface area contributed by atoms with Crippen LogP contribution >= 0.6 is 0 Å². The topological polar surface area (TPSA) is 47.1 Å². The van der Waals surface area contributed by atoms with E-state index in [1.807, 2.05) is 11.7 Å². The van der Waals surface area contributed by atoms with Crippen molar-refractivity contribution in [3.8, 4) is 0 Å². The molecule has 1 aliphatic rings. The monoisotopic (exact) mass is 236 g/mol. The first-order chi connectivity index (χ1) is 8.10. The summed E-state index contributed by atoms with van der Waals surface area (Å²) in [4.78, 5) is 2.52. The van der Waals surface area contributed by atoms with Crippen molar-refractivity contribution in [1.82, 2.24) is 14.7 Å². The number of nitrogens with zero attached hydrogens (tertiary/aromatic N) is 3. The van der Waals surface area contributed by atoms with Crippen LogP contribution in [0.3, 0.4) is 0 Å². The summed E-state index contributed by atoms with van der Waals surface area (Å²) in [7, 11) is 1.98. The Morgan fingerprint density at radius 2 is 2.29 bits per heavy atom. The van der Waals surface area contributed by atoms with Crippen molar-refractivity contribution in [3.05, 3.63) is 17.5 Å². The molecule has 2 unspecified atom stereocenters. The third-order valence-corrected chi connectivity index (χ3v) is 4.01. The molecule has 1 saturated heterocycles. The second-order valence-corrected chi connectivity index (χ2v) is 5.41. The molecule has 0 radical (unpaired) electrons. The Morgan fingerprint density at radius 1 is 1.53 bits per heavy atom. The van der Waals surface area contributed by atoms with E-state index in [1.54, 1.807) is 0 Å². The fraction of sp³-hybridized carbons (Fsp3) is 0.769. The van der Waals surface area contributed by atoms with Crippen LogP contribution in [-0.2, 0) is 13.6 Å². The molecule has 0 amide bonds. The summed E-state index contributed by atoms with van der Waals surface area (Å²) in [6.45, 7) is 8.55. The van der Waals surface area contributed by atoms with Crippen molar-refractivity contribution in [2.45, 2.75) is 26.8 Å². The fourth-order valence-electron chi connectivity index (χ4n) is 2.72. The number of nitrogens with two attached hydrogens (primary N) is 1. The molecular formula is C13H24N4. The third kappa shape index (κ3) is 2.87. The fourth-order valence-corrected chi connectivity index (χ4v) is 2.72. The lowest BCUT2D eigenvalue weighted by Crippen LogP contribution is -2.42. The molecule has 1 aromatic heterocycles. The minimum absolute atomic E-state index is 0.653. The van der Waals surface area contributed by atoms with Gasteiger partial charge >= 0.3 is 0 Å². The predicted octanol–water partition coefficient (Wildman–Crippen LogP) is 1.15. The molecule has 1 aromatic rings. The van der Waals surface area contributed by atoms with Gasteiger partial charge < -0.3 is 5.73 Å². The second kappa shape index (κ2) is 5.19. The maximum Gasteiger partial charge on any atom is 0.0638 e. The summed E-state index contributed by atoms with van der Waals surface area (Å²) in [6.07, 6.45) is 3.39. The molecule has 2 heterocycles. The van der Waals surface area contributed by atoms with E-state index in [4.69, 9.17) is 5.73 Å². The van der Waals surface area contributed by atoms with Gasteiger partial charge in [0.05, 0.1) is 5.69 Å². The van der Waals surface area contributed by atoms with Crippen molar-refractivity contribution >= 4 is 0 Å². The van der Waals surface area contributed by atoms with Crippen LogP contribution in [-0.4, -0.2) is 34.3 Å². The predicted molar refractivity (Wildman–Crippen MR) is 69.5 cm³/mol. The van der Waals surface area contributed by atoms with Crippen LogP contribution in [0.25, 0.3) is 0 Å². The Balaban J connectivity index is 1.98.